The van der Waals surface area contributed by atoms with E-state index in [0.29, 0.717) is 32.1 Å². The molecule has 0 atom stereocenters. The van der Waals surface area contributed by atoms with Crippen molar-refractivity contribution in [2.45, 2.75) is 11.4 Å². The third kappa shape index (κ3) is 7.21. The van der Waals surface area contributed by atoms with Gasteiger partial charge in [-0.25, -0.2) is 13.8 Å². The average Bonchev–Trinajstić information content (AvgIpc) is 2.85. The third-order valence-electron chi connectivity index (χ3n) is 4.96. The summed E-state index contributed by atoms with van der Waals surface area (Å²) in [5, 5.41) is 4.64. The number of carbonyl (C=O) groups is 1. The maximum atomic E-state index is 13.4. The van der Waals surface area contributed by atoms with Crippen molar-refractivity contribution in [1.82, 2.24) is 9.73 Å². The summed E-state index contributed by atoms with van der Waals surface area (Å²) in [5.41, 5.74) is 3.40. The maximum absolute atomic E-state index is 13.4. The van der Waals surface area contributed by atoms with Crippen molar-refractivity contribution in [2.24, 2.45) is 5.10 Å². The number of methoxy groups -OCH3 is 2. The Morgan fingerprint density at radius 3 is 2.42 bits per heavy atom. The van der Waals surface area contributed by atoms with Crippen LogP contribution in [0.2, 0.25) is 10.0 Å². The van der Waals surface area contributed by atoms with Crippen LogP contribution in [0, 0.1) is 0 Å². The SMILES string of the molecule is COc1ccc(OC)c(/C=N/NC(=O)CN(Cc2ccc(Cl)cc2Cl)S(=O)(=O)c2ccc(Br)cc2)c1. The van der Waals surface area contributed by atoms with Crippen LogP contribution in [0.25, 0.3) is 0 Å². The monoisotopic (exact) mass is 613 g/mol. The van der Waals surface area contributed by atoms with Crippen molar-refractivity contribution in [3.8, 4) is 11.5 Å². The molecular formula is C24H22BrCl2N3O5S. The third-order valence-corrected chi connectivity index (χ3v) is 7.88. The molecule has 8 nitrogen and oxygen atoms in total. The van der Waals surface area contributed by atoms with E-state index < -0.39 is 22.5 Å². The number of nitrogens with zero attached hydrogens (tertiary/aromatic N) is 2. The van der Waals surface area contributed by atoms with Gasteiger partial charge in [0.05, 0.1) is 31.9 Å². The van der Waals surface area contributed by atoms with Crippen molar-refractivity contribution < 1.29 is 22.7 Å². The molecule has 1 N–H and O–H groups in total. The summed E-state index contributed by atoms with van der Waals surface area (Å²) in [4.78, 5) is 12.8. The van der Waals surface area contributed by atoms with Gasteiger partial charge in [-0.1, -0.05) is 45.2 Å². The predicted octanol–water partition coefficient (Wildman–Crippen LogP) is 5.11. The molecule has 0 saturated carbocycles. The fraction of sp³-hybridized carbons (Fsp3) is 0.167. The predicted molar refractivity (Wildman–Crippen MR) is 143 cm³/mol. The standard InChI is InChI=1S/C24H22BrCl2N3O5S/c1-34-20-7-10-23(35-2)17(11-20)13-28-29-24(31)15-30(14-16-3-6-19(26)12-22(16)27)36(32,33)21-8-4-18(25)5-9-21/h3-13H,14-15H2,1-2H3,(H,29,31)/b28-13+. The second-order valence-corrected chi connectivity index (χ2v) is 11.1. The van der Waals surface area contributed by atoms with Gasteiger partial charge in [-0.3, -0.25) is 4.79 Å². The van der Waals surface area contributed by atoms with Crippen LogP contribution in [0.1, 0.15) is 11.1 Å². The fourth-order valence-corrected chi connectivity index (χ4v) is 5.24. The number of benzene rings is 3. The summed E-state index contributed by atoms with van der Waals surface area (Å²) in [6, 6.07) is 15.9. The molecule has 0 heterocycles. The van der Waals surface area contributed by atoms with Crippen LogP contribution in [0.4, 0.5) is 0 Å². The summed E-state index contributed by atoms with van der Waals surface area (Å²) < 4.78 is 39.0. The zero-order chi connectivity index (χ0) is 26.3. The van der Waals surface area contributed by atoms with Crippen LogP contribution < -0.4 is 14.9 Å². The molecule has 0 radical (unpaired) electrons. The second kappa shape index (κ2) is 12.6. The van der Waals surface area contributed by atoms with Crippen LogP contribution in [-0.4, -0.2) is 45.6 Å². The van der Waals surface area contributed by atoms with Crippen molar-refractivity contribution in [3.05, 3.63) is 86.3 Å². The molecule has 0 aliphatic carbocycles. The summed E-state index contributed by atoms with van der Waals surface area (Å²) in [7, 11) is -1.03. The first-order valence-corrected chi connectivity index (χ1v) is 13.4. The molecule has 0 unspecified atom stereocenters. The number of hydrazone groups is 1. The lowest BCUT2D eigenvalue weighted by Crippen LogP contribution is -2.39. The Morgan fingerprint density at radius 1 is 1.06 bits per heavy atom. The molecule has 3 aromatic carbocycles. The Balaban J connectivity index is 1.84. The van der Waals surface area contributed by atoms with Crippen molar-refractivity contribution >= 4 is 61.3 Å². The van der Waals surface area contributed by atoms with E-state index in [1.807, 2.05) is 0 Å². The lowest BCUT2D eigenvalue weighted by molar-refractivity contribution is -0.121. The van der Waals surface area contributed by atoms with Crippen LogP contribution in [0.15, 0.2) is 75.1 Å². The molecule has 0 saturated heterocycles. The minimum Gasteiger partial charge on any atom is -0.497 e. The zero-order valence-corrected chi connectivity index (χ0v) is 23.2. The molecular weight excluding hydrogens is 593 g/mol. The topological polar surface area (TPSA) is 97.3 Å². The highest BCUT2D eigenvalue weighted by molar-refractivity contribution is 9.10. The van der Waals surface area contributed by atoms with E-state index >= 15 is 0 Å². The minimum absolute atomic E-state index is 0.0215. The van der Waals surface area contributed by atoms with E-state index in [1.54, 1.807) is 42.5 Å². The van der Waals surface area contributed by atoms with Crippen LogP contribution in [0.5, 0.6) is 11.5 Å². The van der Waals surface area contributed by atoms with Gasteiger partial charge in [0, 0.05) is 26.6 Å². The number of hydrogen-bond donors (Lipinski definition) is 1. The fourth-order valence-electron chi connectivity index (χ4n) is 3.13. The maximum Gasteiger partial charge on any atom is 0.255 e. The molecule has 3 aromatic rings. The summed E-state index contributed by atoms with van der Waals surface area (Å²) in [6.07, 6.45) is 1.38. The van der Waals surface area contributed by atoms with Gasteiger partial charge in [0.2, 0.25) is 10.0 Å². The van der Waals surface area contributed by atoms with Crippen molar-refractivity contribution in [3.63, 3.8) is 0 Å². The molecule has 0 bridgehead atoms. The molecule has 3 rings (SSSR count). The molecule has 0 fully saturated rings. The zero-order valence-electron chi connectivity index (χ0n) is 19.2. The van der Waals surface area contributed by atoms with E-state index in [9.17, 15) is 13.2 Å². The van der Waals surface area contributed by atoms with Gasteiger partial charge in [0.15, 0.2) is 0 Å². The van der Waals surface area contributed by atoms with Crippen molar-refractivity contribution in [2.75, 3.05) is 20.8 Å². The minimum atomic E-state index is -4.06. The number of carbonyl (C=O) groups excluding carboxylic acids is 1. The van der Waals surface area contributed by atoms with E-state index in [2.05, 4.69) is 26.5 Å². The van der Waals surface area contributed by atoms with E-state index in [0.717, 1.165) is 4.31 Å². The number of hydrogen-bond acceptors (Lipinski definition) is 6. The molecule has 0 aliphatic rings. The smallest absolute Gasteiger partial charge is 0.255 e. The van der Waals surface area contributed by atoms with E-state index in [-0.39, 0.29) is 16.5 Å². The first-order chi connectivity index (χ1) is 17.1. The summed E-state index contributed by atoms with van der Waals surface area (Å²) in [6.45, 7) is -0.667. The highest BCUT2D eigenvalue weighted by Crippen LogP contribution is 2.26. The lowest BCUT2D eigenvalue weighted by atomic mass is 10.2. The first kappa shape index (κ1) is 27.9. The van der Waals surface area contributed by atoms with E-state index in [4.69, 9.17) is 32.7 Å². The Kier molecular flexibility index (Phi) is 9.75. The molecule has 0 aliphatic heterocycles. The molecule has 0 spiro atoms. The Labute approximate surface area is 228 Å². The van der Waals surface area contributed by atoms with Crippen LogP contribution >= 0.6 is 39.1 Å². The lowest BCUT2D eigenvalue weighted by Gasteiger charge is -2.22. The van der Waals surface area contributed by atoms with Gasteiger partial charge in [-0.15, -0.1) is 0 Å². The number of rotatable bonds is 10. The first-order valence-electron chi connectivity index (χ1n) is 10.4. The van der Waals surface area contributed by atoms with E-state index in [1.165, 1.54) is 38.6 Å². The van der Waals surface area contributed by atoms with Gasteiger partial charge in [-0.2, -0.15) is 9.41 Å². The average molecular weight is 615 g/mol. The summed E-state index contributed by atoms with van der Waals surface area (Å²) >= 11 is 15.5. The van der Waals surface area contributed by atoms with Crippen molar-refractivity contribution in [1.29, 1.82) is 0 Å². The normalized spacial score (nSPS) is 11.6. The number of amides is 1. The Hall–Kier alpha value is -2.63. The molecule has 190 valence electrons. The largest absolute Gasteiger partial charge is 0.497 e. The van der Waals surface area contributed by atoms with Gasteiger partial charge in [0.1, 0.15) is 11.5 Å². The van der Waals surface area contributed by atoms with Gasteiger partial charge < -0.3 is 9.47 Å². The quantitative estimate of drug-likeness (QED) is 0.253. The Bertz CT molecular complexity index is 1370. The van der Waals surface area contributed by atoms with Crippen LogP contribution in [-0.2, 0) is 21.4 Å². The molecule has 36 heavy (non-hydrogen) atoms. The van der Waals surface area contributed by atoms with Gasteiger partial charge >= 0.3 is 0 Å². The second-order valence-electron chi connectivity index (χ2n) is 7.36. The number of halogens is 3. The highest BCUT2D eigenvalue weighted by Gasteiger charge is 2.27. The van der Waals surface area contributed by atoms with Gasteiger partial charge in [-0.05, 0) is 60.2 Å². The van der Waals surface area contributed by atoms with Gasteiger partial charge in [0.25, 0.3) is 5.91 Å². The number of sulfonamides is 1. The molecule has 1 amide bonds. The Morgan fingerprint density at radius 2 is 1.78 bits per heavy atom. The van der Waals surface area contributed by atoms with Crippen LogP contribution in [0.3, 0.4) is 0 Å². The molecule has 0 aromatic heterocycles. The summed E-state index contributed by atoms with van der Waals surface area (Å²) in [5.74, 6) is 0.444. The number of nitrogens with one attached hydrogen (secondary N) is 1. The highest BCUT2D eigenvalue weighted by atomic mass is 79.9. The number of ether oxygens (including phenoxy) is 2. The molecule has 12 heteroatoms.